The van der Waals surface area contributed by atoms with Crippen molar-refractivity contribution in [2.75, 3.05) is 18.4 Å². The second-order valence-corrected chi connectivity index (χ2v) is 5.42. The first-order chi connectivity index (χ1) is 9.06. The van der Waals surface area contributed by atoms with Crippen LogP contribution < -0.4 is 11.1 Å². The van der Waals surface area contributed by atoms with Crippen LogP contribution in [0.4, 0.5) is 5.69 Å². The van der Waals surface area contributed by atoms with Crippen LogP contribution in [0.1, 0.15) is 18.4 Å². The number of nitrogens with one attached hydrogen (secondary N) is 1. The highest BCUT2D eigenvalue weighted by molar-refractivity contribution is 7.80. The molecule has 3 N–H and O–H groups in total. The fourth-order valence-electron chi connectivity index (χ4n) is 2.45. The monoisotopic (exact) mass is 277 g/mol. The van der Waals surface area contributed by atoms with Crippen LogP contribution >= 0.6 is 12.2 Å². The molecule has 0 bridgehead atoms. The quantitative estimate of drug-likeness (QED) is 0.822. The van der Waals surface area contributed by atoms with Crippen molar-refractivity contribution in [3.8, 4) is 0 Å². The van der Waals surface area contributed by atoms with Crippen LogP contribution in [0.3, 0.4) is 0 Å². The minimum Gasteiger partial charge on any atom is -0.392 e. The summed E-state index contributed by atoms with van der Waals surface area (Å²) in [6.45, 7) is 3.22. The Morgan fingerprint density at radius 1 is 1.58 bits per heavy atom. The van der Waals surface area contributed by atoms with Gasteiger partial charge in [0.05, 0.1) is 17.6 Å². The number of benzene rings is 1. The molecule has 1 unspecified atom stereocenters. The van der Waals surface area contributed by atoms with Gasteiger partial charge in [0.1, 0.15) is 0 Å². The van der Waals surface area contributed by atoms with Crippen molar-refractivity contribution >= 4 is 28.8 Å². The van der Waals surface area contributed by atoms with E-state index in [2.05, 4.69) is 5.32 Å². The van der Waals surface area contributed by atoms with Crippen LogP contribution in [0.5, 0.6) is 0 Å². The van der Waals surface area contributed by atoms with E-state index in [0.29, 0.717) is 11.5 Å². The Hall–Kier alpha value is -1.46. The fourth-order valence-corrected chi connectivity index (χ4v) is 2.71. The zero-order valence-corrected chi connectivity index (χ0v) is 11.9. The van der Waals surface area contributed by atoms with Gasteiger partial charge in [-0.2, -0.15) is 0 Å². The largest absolute Gasteiger partial charge is 0.392 e. The zero-order valence-electron chi connectivity index (χ0n) is 11.1. The molecule has 1 aliphatic rings. The summed E-state index contributed by atoms with van der Waals surface area (Å²) in [5.74, 6) is -0.0197. The van der Waals surface area contributed by atoms with Crippen molar-refractivity contribution in [1.82, 2.24) is 4.90 Å². The third-order valence-electron chi connectivity index (χ3n) is 3.34. The van der Waals surface area contributed by atoms with E-state index in [-0.39, 0.29) is 11.9 Å². The van der Waals surface area contributed by atoms with E-state index in [0.717, 1.165) is 30.6 Å². The smallest absolute Gasteiger partial charge is 0.238 e. The lowest BCUT2D eigenvalue weighted by Crippen LogP contribution is -2.43. The lowest BCUT2D eigenvalue weighted by molar-refractivity contribution is -0.117. The third-order valence-corrected chi connectivity index (χ3v) is 3.61. The van der Waals surface area contributed by atoms with E-state index in [1.54, 1.807) is 0 Å². The number of hydrogen-bond donors (Lipinski definition) is 2. The molecule has 0 saturated carbocycles. The maximum absolute atomic E-state index is 12.0. The normalized spacial score (nSPS) is 19.3. The van der Waals surface area contributed by atoms with Gasteiger partial charge in [-0.15, -0.1) is 0 Å². The van der Waals surface area contributed by atoms with Crippen molar-refractivity contribution in [1.29, 1.82) is 0 Å². The van der Waals surface area contributed by atoms with Crippen molar-refractivity contribution in [2.24, 2.45) is 5.73 Å². The highest BCUT2D eigenvalue weighted by atomic mass is 32.1. The number of likely N-dealkylation sites (tertiary alicyclic amines) is 1. The molecule has 19 heavy (non-hydrogen) atoms. The van der Waals surface area contributed by atoms with E-state index in [4.69, 9.17) is 18.0 Å². The number of anilines is 1. The van der Waals surface area contributed by atoms with Gasteiger partial charge in [0.25, 0.3) is 0 Å². The summed E-state index contributed by atoms with van der Waals surface area (Å²) in [5, 5.41) is 2.90. The van der Waals surface area contributed by atoms with Crippen LogP contribution in [0.15, 0.2) is 24.3 Å². The molecule has 0 aliphatic carbocycles. The Labute approximate surface area is 119 Å². The van der Waals surface area contributed by atoms with Crippen LogP contribution in [0.25, 0.3) is 0 Å². The number of hydrogen-bond acceptors (Lipinski definition) is 3. The summed E-state index contributed by atoms with van der Waals surface area (Å²) in [4.78, 5) is 14.5. The predicted octanol–water partition coefficient (Wildman–Crippen LogP) is 1.68. The van der Waals surface area contributed by atoms with E-state index in [1.165, 1.54) is 0 Å². The van der Waals surface area contributed by atoms with Crippen LogP contribution in [-0.4, -0.2) is 34.9 Å². The Balaban J connectivity index is 1.92. The van der Waals surface area contributed by atoms with Gasteiger partial charge in [0.2, 0.25) is 5.91 Å². The number of carbonyl (C=O) groups excluding carboxylic acids is 1. The van der Waals surface area contributed by atoms with E-state index in [9.17, 15) is 4.79 Å². The second kappa shape index (κ2) is 6.12. The Morgan fingerprint density at radius 2 is 2.37 bits per heavy atom. The SMILES string of the molecule is Cc1cccc(NC(=O)CN2CCCC2C(N)=S)c1. The Bertz CT molecular complexity index is 489. The molecule has 0 radical (unpaired) electrons. The number of nitrogens with two attached hydrogens (primary N) is 1. The maximum Gasteiger partial charge on any atom is 0.238 e. The summed E-state index contributed by atoms with van der Waals surface area (Å²) < 4.78 is 0. The highest BCUT2D eigenvalue weighted by Gasteiger charge is 2.28. The van der Waals surface area contributed by atoms with Crippen molar-refractivity contribution in [3.05, 3.63) is 29.8 Å². The Morgan fingerprint density at radius 3 is 3.05 bits per heavy atom. The van der Waals surface area contributed by atoms with E-state index in [1.807, 2.05) is 36.1 Å². The number of nitrogens with zero attached hydrogens (tertiary/aromatic N) is 1. The number of rotatable bonds is 4. The number of aryl methyl sites for hydroxylation is 1. The summed E-state index contributed by atoms with van der Waals surface area (Å²) in [6.07, 6.45) is 1.99. The molecule has 1 aromatic rings. The number of thiocarbonyl (C=S) groups is 1. The van der Waals surface area contributed by atoms with Gasteiger partial charge < -0.3 is 11.1 Å². The lowest BCUT2D eigenvalue weighted by Gasteiger charge is -2.22. The van der Waals surface area contributed by atoms with Gasteiger partial charge >= 0.3 is 0 Å². The van der Waals surface area contributed by atoms with Crippen LogP contribution in [-0.2, 0) is 4.79 Å². The van der Waals surface area contributed by atoms with Crippen molar-refractivity contribution in [2.45, 2.75) is 25.8 Å². The molecule has 1 amide bonds. The average Bonchev–Trinajstić information content (AvgIpc) is 2.76. The average molecular weight is 277 g/mol. The minimum absolute atomic E-state index is 0.0197. The molecule has 1 fully saturated rings. The molecule has 1 atom stereocenters. The molecule has 0 spiro atoms. The van der Waals surface area contributed by atoms with Gasteiger partial charge in [-0.3, -0.25) is 9.69 Å². The molecule has 1 heterocycles. The molecule has 4 nitrogen and oxygen atoms in total. The number of amides is 1. The van der Waals surface area contributed by atoms with Crippen LogP contribution in [0.2, 0.25) is 0 Å². The van der Waals surface area contributed by atoms with Crippen molar-refractivity contribution in [3.63, 3.8) is 0 Å². The first-order valence-electron chi connectivity index (χ1n) is 6.46. The topological polar surface area (TPSA) is 58.4 Å². The summed E-state index contributed by atoms with van der Waals surface area (Å²) in [7, 11) is 0. The van der Waals surface area contributed by atoms with Gasteiger partial charge in [-0.25, -0.2) is 0 Å². The molecular formula is C14H19N3OS. The summed E-state index contributed by atoms with van der Waals surface area (Å²) >= 11 is 5.04. The maximum atomic E-state index is 12.0. The number of carbonyl (C=O) groups is 1. The summed E-state index contributed by atoms with van der Waals surface area (Å²) in [6, 6.07) is 7.84. The third kappa shape index (κ3) is 3.75. The zero-order chi connectivity index (χ0) is 13.8. The molecule has 1 aromatic carbocycles. The fraction of sp³-hybridized carbons (Fsp3) is 0.429. The predicted molar refractivity (Wildman–Crippen MR) is 81.2 cm³/mol. The van der Waals surface area contributed by atoms with E-state index < -0.39 is 0 Å². The summed E-state index contributed by atoms with van der Waals surface area (Å²) in [5.41, 5.74) is 7.65. The van der Waals surface area contributed by atoms with Gasteiger partial charge in [0.15, 0.2) is 0 Å². The highest BCUT2D eigenvalue weighted by Crippen LogP contribution is 2.17. The molecule has 102 valence electrons. The Kier molecular flexibility index (Phi) is 4.50. The first-order valence-corrected chi connectivity index (χ1v) is 6.87. The minimum atomic E-state index is -0.0197. The molecule has 5 heteroatoms. The van der Waals surface area contributed by atoms with Gasteiger partial charge in [-0.05, 0) is 44.0 Å². The molecular weight excluding hydrogens is 258 g/mol. The van der Waals surface area contributed by atoms with Crippen molar-refractivity contribution < 1.29 is 4.79 Å². The first kappa shape index (κ1) is 14.0. The van der Waals surface area contributed by atoms with Gasteiger partial charge in [0, 0.05) is 5.69 Å². The standard InChI is InChI=1S/C14H19N3OS/c1-10-4-2-5-11(8-10)16-13(18)9-17-7-3-6-12(17)14(15)19/h2,4-5,8,12H,3,6-7,9H2,1H3,(H2,15,19)(H,16,18). The molecule has 2 rings (SSSR count). The van der Waals surface area contributed by atoms with Crippen LogP contribution in [0, 0.1) is 6.92 Å². The molecule has 1 saturated heterocycles. The molecule has 1 aliphatic heterocycles. The molecule has 0 aromatic heterocycles. The second-order valence-electron chi connectivity index (χ2n) is 4.95. The van der Waals surface area contributed by atoms with E-state index >= 15 is 0 Å². The lowest BCUT2D eigenvalue weighted by atomic mass is 10.2. The van der Waals surface area contributed by atoms with Gasteiger partial charge in [-0.1, -0.05) is 24.4 Å².